The van der Waals surface area contributed by atoms with Gasteiger partial charge < -0.3 is 15.7 Å². The highest BCUT2D eigenvalue weighted by molar-refractivity contribution is 5.40. The van der Waals surface area contributed by atoms with E-state index in [0.717, 1.165) is 44.8 Å². The maximum Gasteiger partial charge on any atom is 0.0558 e. The summed E-state index contributed by atoms with van der Waals surface area (Å²) < 4.78 is 0. The summed E-state index contributed by atoms with van der Waals surface area (Å²) in [5, 5.41) is 9.00. The fourth-order valence-corrected chi connectivity index (χ4v) is 2.87. The van der Waals surface area contributed by atoms with Crippen LogP contribution < -0.4 is 5.73 Å². The molecule has 1 aliphatic heterocycles. The van der Waals surface area contributed by atoms with Gasteiger partial charge in [-0.05, 0) is 56.6 Å². The highest BCUT2D eigenvalue weighted by Gasteiger charge is 2.13. The lowest BCUT2D eigenvalue weighted by Crippen LogP contribution is -2.33. The van der Waals surface area contributed by atoms with Gasteiger partial charge in [0.2, 0.25) is 0 Å². The van der Waals surface area contributed by atoms with Crippen LogP contribution in [0.3, 0.4) is 0 Å². The van der Waals surface area contributed by atoms with Gasteiger partial charge in [-0.15, -0.1) is 0 Å². The summed E-state index contributed by atoms with van der Waals surface area (Å²) in [7, 11) is 0. The number of hydrogen-bond acceptors (Lipinski definition) is 4. The van der Waals surface area contributed by atoms with Crippen molar-refractivity contribution in [2.24, 2.45) is 0 Å². The molecule has 1 saturated heterocycles. The van der Waals surface area contributed by atoms with Crippen LogP contribution in [-0.4, -0.2) is 60.8 Å². The fraction of sp³-hybridized carbons (Fsp3) is 0.625. The highest BCUT2D eigenvalue weighted by Crippen LogP contribution is 2.10. The van der Waals surface area contributed by atoms with Crippen molar-refractivity contribution in [3.05, 3.63) is 29.8 Å². The van der Waals surface area contributed by atoms with Crippen molar-refractivity contribution >= 4 is 5.69 Å². The summed E-state index contributed by atoms with van der Waals surface area (Å²) in [6, 6.07) is 8.20. The maximum atomic E-state index is 9.00. The number of β-amino-alcohol motifs (C(OH)–C–C–N with tert-alkyl or cyclic N) is 1. The molecule has 0 unspecified atom stereocenters. The van der Waals surface area contributed by atoms with Crippen LogP contribution in [0.4, 0.5) is 5.69 Å². The average Bonchev–Trinajstić information content (AvgIpc) is 2.65. The average molecular weight is 277 g/mol. The van der Waals surface area contributed by atoms with Gasteiger partial charge in [0.15, 0.2) is 0 Å². The molecule has 1 aromatic rings. The minimum atomic E-state index is 0.273. The Morgan fingerprint density at radius 1 is 1.05 bits per heavy atom. The van der Waals surface area contributed by atoms with Crippen molar-refractivity contribution in [3.63, 3.8) is 0 Å². The number of aliphatic hydroxyl groups excluding tert-OH is 1. The van der Waals surface area contributed by atoms with Gasteiger partial charge in [-0.3, -0.25) is 4.90 Å². The molecule has 1 aromatic carbocycles. The zero-order valence-electron chi connectivity index (χ0n) is 12.3. The molecule has 2 rings (SSSR count). The molecule has 0 amide bonds. The zero-order valence-corrected chi connectivity index (χ0v) is 12.3. The van der Waals surface area contributed by atoms with Gasteiger partial charge in [-0.2, -0.15) is 0 Å². The Morgan fingerprint density at radius 3 is 2.50 bits per heavy atom. The summed E-state index contributed by atoms with van der Waals surface area (Å²) in [5.41, 5.74) is 7.99. The predicted molar refractivity (Wildman–Crippen MR) is 83.8 cm³/mol. The van der Waals surface area contributed by atoms with Crippen molar-refractivity contribution in [2.45, 2.75) is 19.3 Å². The Kier molecular flexibility index (Phi) is 6.30. The standard InChI is InChI=1S/C16H27N3O/c17-16-6-1-4-15(14-16)5-2-7-18-8-3-9-19(11-10-18)12-13-20/h1,4,6,14,20H,2-3,5,7-13,17H2. The molecule has 1 fully saturated rings. The summed E-state index contributed by atoms with van der Waals surface area (Å²) >= 11 is 0. The van der Waals surface area contributed by atoms with Crippen molar-refractivity contribution < 1.29 is 5.11 Å². The first-order valence-electron chi connectivity index (χ1n) is 7.68. The number of aliphatic hydroxyl groups is 1. The van der Waals surface area contributed by atoms with E-state index in [1.54, 1.807) is 0 Å². The summed E-state index contributed by atoms with van der Waals surface area (Å²) in [4.78, 5) is 4.90. The lowest BCUT2D eigenvalue weighted by Gasteiger charge is -2.21. The van der Waals surface area contributed by atoms with E-state index in [1.165, 1.54) is 24.9 Å². The molecule has 0 atom stereocenters. The lowest BCUT2D eigenvalue weighted by atomic mass is 10.1. The van der Waals surface area contributed by atoms with Crippen molar-refractivity contribution in [1.29, 1.82) is 0 Å². The molecule has 0 saturated carbocycles. The topological polar surface area (TPSA) is 52.7 Å². The normalized spacial score (nSPS) is 18.1. The number of nitrogen functional groups attached to an aromatic ring is 1. The van der Waals surface area contributed by atoms with Crippen LogP contribution in [0, 0.1) is 0 Å². The van der Waals surface area contributed by atoms with Crippen molar-refractivity contribution in [1.82, 2.24) is 9.80 Å². The van der Waals surface area contributed by atoms with Gasteiger partial charge in [0.25, 0.3) is 0 Å². The smallest absolute Gasteiger partial charge is 0.0558 e. The van der Waals surface area contributed by atoms with Gasteiger partial charge in [-0.25, -0.2) is 0 Å². The van der Waals surface area contributed by atoms with Crippen molar-refractivity contribution in [3.8, 4) is 0 Å². The van der Waals surface area contributed by atoms with E-state index in [0.29, 0.717) is 0 Å². The molecule has 112 valence electrons. The van der Waals surface area contributed by atoms with E-state index in [1.807, 2.05) is 12.1 Å². The Labute approximate surface area is 122 Å². The Morgan fingerprint density at radius 2 is 1.80 bits per heavy atom. The first-order valence-corrected chi connectivity index (χ1v) is 7.68. The molecule has 1 aliphatic rings. The van der Waals surface area contributed by atoms with E-state index in [-0.39, 0.29) is 6.61 Å². The molecule has 0 spiro atoms. The molecular formula is C16H27N3O. The molecular weight excluding hydrogens is 250 g/mol. The fourth-order valence-electron chi connectivity index (χ4n) is 2.87. The second-order valence-electron chi connectivity index (χ2n) is 5.61. The molecule has 0 bridgehead atoms. The van der Waals surface area contributed by atoms with E-state index in [4.69, 9.17) is 10.8 Å². The van der Waals surface area contributed by atoms with Crippen LogP contribution in [0.15, 0.2) is 24.3 Å². The number of hydrogen-bond donors (Lipinski definition) is 2. The number of rotatable bonds is 6. The van der Waals surface area contributed by atoms with Crippen LogP contribution in [0.1, 0.15) is 18.4 Å². The third-order valence-electron chi connectivity index (χ3n) is 3.99. The zero-order chi connectivity index (χ0) is 14.2. The monoisotopic (exact) mass is 277 g/mol. The molecule has 0 aromatic heterocycles. The Hall–Kier alpha value is -1.10. The molecule has 1 heterocycles. The van der Waals surface area contributed by atoms with Gasteiger partial charge in [0, 0.05) is 25.3 Å². The Balaban J connectivity index is 1.69. The molecule has 3 N–H and O–H groups in total. The largest absolute Gasteiger partial charge is 0.399 e. The second kappa shape index (κ2) is 8.25. The molecule has 20 heavy (non-hydrogen) atoms. The van der Waals surface area contributed by atoms with E-state index in [9.17, 15) is 0 Å². The number of anilines is 1. The van der Waals surface area contributed by atoms with Crippen LogP contribution >= 0.6 is 0 Å². The summed E-state index contributed by atoms with van der Waals surface area (Å²) in [6.45, 7) is 6.75. The van der Waals surface area contributed by atoms with Crippen LogP contribution in [0.2, 0.25) is 0 Å². The minimum Gasteiger partial charge on any atom is -0.399 e. The summed E-state index contributed by atoms with van der Waals surface area (Å²) in [5.74, 6) is 0. The number of aryl methyl sites for hydroxylation is 1. The van der Waals surface area contributed by atoms with Crippen molar-refractivity contribution in [2.75, 3.05) is 51.6 Å². The second-order valence-corrected chi connectivity index (χ2v) is 5.61. The predicted octanol–water partition coefficient (Wildman–Crippen LogP) is 1.20. The van der Waals surface area contributed by atoms with E-state index >= 15 is 0 Å². The third-order valence-corrected chi connectivity index (χ3v) is 3.99. The van der Waals surface area contributed by atoms with E-state index < -0.39 is 0 Å². The molecule has 4 nitrogen and oxygen atoms in total. The van der Waals surface area contributed by atoms with Crippen LogP contribution in [0.25, 0.3) is 0 Å². The number of nitrogens with zero attached hydrogens (tertiary/aromatic N) is 2. The van der Waals surface area contributed by atoms with Gasteiger partial charge >= 0.3 is 0 Å². The van der Waals surface area contributed by atoms with Crippen LogP contribution in [-0.2, 0) is 6.42 Å². The molecule has 0 radical (unpaired) electrons. The maximum absolute atomic E-state index is 9.00. The van der Waals surface area contributed by atoms with Crippen LogP contribution in [0.5, 0.6) is 0 Å². The molecule has 0 aliphatic carbocycles. The first kappa shape index (κ1) is 15.3. The number of nitrogens with two attached hydrogens (primary N) is 1. The Bertz CT molecular complexity index is 397. The SMILES string of the molecule is Nc1cccc(CCCN2CCCN(CCO)CC2)c1. The minimum absolute atomic E-state index is 0.273. The van der Waals surface area contributed by atoms with Gasteiger partial charge in [-0.1, -0.05) is 12.1 Å². The quantitative estimate of drug-likeness (QED) is 0.767. The summed E-state index contributed by atoms with van der Waals surface area (Å²) in [6.07, 6.45) is 3.49. The molecule has 4 heteroatoms. The lowest BCUT2D eigenvalue weighted by molar-refractivity contribution is 0.196. The number of benzene rings is 1. The van der Waals surface area contributed by atoms with Gasteiger partial charge in [0.1, 0.15) is 0 Å². The first-order chi connectivity index (χ1) is 9.78. The highest BCUT2D eigenvalue weighted by atomic mass is 16.3. The van der Waals surface area contributed by atoms with Gasteiger partial charge in [0.05, 0.1) is 6.61 Å². The van der Waals surface area contributed by atoms with E-state index in [2.05, 4.69) is 21.9 Å². The third kappa shape index (κ3) is 5.12.